The first-order valence-corrected chi connectivity index (χ1v) is 14.1. The third kappa shape index (κ3) is 4.09. The fourth-order valence-corrected chi connectivity index (χ4v) is 9.31. The molecule has 0 amide bonds. The molecule has 0 radical (unpaired) electrons. The van der Waals surface area contributed by atoms with E-state index in [-0.39, 0.29) is 17.4 Å². The van der Waals surface area contributed by atoms with Gasteiger partial charge in [-0.2, -0.15) is 0 Å². The molecule has 5 aliphatic rings. The second kappa shape index (κ2) is 9.79. The number of ether oxygens (including phenoxy) is 3. The Bertz CT molecular complexity index is 861. The van der Waals surface area contributed by atoms with E-state index in [1.54, 1.807) is 6.92 Å². The smallest absolute Gasteiger partial charge is 0.303 e. The van der Waals surface area contributed by atoms with Crippen LogP contribution in [0.4, 0.5) is 0 Å². The summed E-state index contributed by atoms with van der Waals surface area (Å²) in [6.45, 7) is 9.54. The minimum atomic E-state index is -1.28. The summed E-state index contributed by atoms with van der Waals surface area (Å²) in [6.07, 6.45) is 7.47. The van der Waals surface area contributed by atoms with Gasteiger partial charge in [-0.25, -0.2) is 0 Å². The van der Waals surface area contributed by atoms with E-state index in [0.717, 1.165) is 32.1 Å². The molecule has 0 unspecified atom stereocenters. The maximum absolute atomic E-state index is 12.9. The number of carbonyl (C=O) groups excluding carboxylic acids is 2. The molecule has 202 valence electrons. The monoisotopic (exact) mass is 504 g/mol. The fraction of sp³-hybridized carbons (Fsp3) is 0.862. The molecular formula is C29H44O7. The zero-order valence-corrected chi connectivity index (χ0v) is 22.0. The van der Waals surface area contributed by atoms with Crippen LogP contribution in [0.1, 0.15) is 78.6 Å². The fourth-order valence-electron chi connectivity index (χ4n) is 9.31. The van der Waals surface area contributed by atoms with Crippen molar-refractivity contribution in [1.82, 2.24) is 0 Å². The van der Waals surface area contributed by atoms with E-state index in [1.165, 1.54) is 38.9 Å². The molecule has 36 heavy (non-hydrogen) atoms. The second-order valence-electron chi connectivity index (χ2n) is 12.6. The number of carbonyl (C=O) groups is 2. The number of hydrogen-bond donors (Lipinski definition) is 2. The molecule has 13 atom stereocenters. The summed E-state index contributed by atoms with van der Waals surface area (Å²) in [5.74, 6) is 2.03. The van der Waals surface area contributed by atoms with Gasteiger partial charge in [0.1, 0.15) is 18.5 Å². The van der Waals surface area contributed by atoms with Gasteiger partial charge in [-0.1, -0.05) is 13.0 Å². The summed E-state index contributed by atoms with van der Waals surface area (Å²) in [5, 5.41) is 20.8. The largest absolute Gasteiger partial charge is 0.454 e. The minimum absolute atomic E-state index is 0.150. The van der Waals surface area contributed by atoms with Crippen LogP contribution in [-0.2, 0) is 23.8 Å². The highest BCUT2D eigenvalue weighted by Crippen LogP contribution is 2.67. The van der Waals surface area contributed by atoms with Crippen molar-refractivity contribution in [2.75, 3.05) is 0 Å². The van der Waals surface area contributed by atoms with Crippen molar-refractivity contribution in [3.63, 3.8) is 0 Å². The van der Waals surface area contributed by atoms with Gasteiger partial charge in [-0.15, -0.1) is 6.58 Å². The predicted octanol–water partition coefficient (Wildman–Crippen LogP) is 3.79. The molecule has 7 nitrogen and oxygen atoms in total. The van der Waals surface area contributed by atoms with Crippen LogP contribution in [0, 0.1) is 40.4 Å². The number of esters is 1. The number of rotatable bonds is 5. The summed E-state index contributed by atoms with van der Waals surface area (Å²) in [6, 6.07) is 0. The second-order valence-corrected chi connectivity index (χ2v) is 12.6. The molecule has 5 rings (SSSR count). The summed E-state index contributed by atoms with van der Waals surface area (Å²) in [7, 11) is 0. The number of aldehydes is 1. The van der Waals surface area contributed by atoms with Gasteiger partial charge in [0.2, 0.25) is 0 Å². The van der Waals surface area contributed by atoms with Crippen LogP contribution in [0.25, 0.3) is 0 Å². The molecule has 0 aromatic heterocycles. The quantitative estimate of drug-likeness (QED) is 0.254. The van der Waals surface area contributed by atoms with Gasteiger partial charge in [0.15, 0.2) is 12.4 Å². The topological polar surface area (TPSA) is 102 Å². The number of fused-ring (bicyclic) bond motifs is 5. The number of aliphatic hydroxyl groups excluding tert-OH is 2. The Morgan fingerprint density at radius 3 is 2.53 bits per heavy atom. The van der Waals surface area contributed by atoms with E-state index >= 15 is 0 Å². The third-order valence-corrected chi connectivity index (χ3v) is 11.2. The van der Waals surface area contributed by atoms with Crippen LogP contribution < -0.4 is 0 Å². The lowest BCUT2D eigenvalue weighted by Crippen LogP contribution is -2.60. The first-order chi connectivity index (χ1) is 17.1. The van der Waals surface area contributed by atoms with Crippen LogP contribution in [0.15, 0.2) is 12.7 Å². The van der Waals surface area contributed by atoms with Crippen molar-refractivity contribution in [2.45, 2.75) is 115 Å². The van der Waals surface area contributed by atoms with Gasteiger partial charge in [0.05, 0.1) is 12.2 Å². The summed E-state index contributed by atoms with van der Waals surface area (Å²) < 4.78 is 17.5. The standard InChI is InChI=1S/C29H44O7/c1-5-18-7-9-22-21-8-6-19-14-20(10-13-29(19,15-30)23(21)11-12-28(18,22)4)36-27-26(35-17(3)31)25(33)24(32)16(2)34-27/h5,15-16,18-27,32-33H,1,6-14H2,2-4H3/t16-,18-,19-,20-,21-,22-,23-,24+,25+,26-,27-,28+,29+/m0/s1. The van der Waals surface area contributed by atoms with Gasteiger partial charge in [0.25, 0.3) is 0 Å². The third-order valence-electron chi connectivity index (χ3n) is 11.2. The van der Waals surface area contributed by atoms with Crippen LogP contribution in [-0.4, -0.2) is 59.3 Å². The molecular weight excluding hydrogens is 460 g/mol. The Morgan fingerprint density at radius 2 is 1.83 bits per heavy atom. The van der Waals surface area contributed by atoms with Gasteiger partial charge in [-0.05, 0) is 99.7 Å². The summed E-state index contributed by atoms with van der Waals surface area (Å²) in [4.78, 5) is 24.5. The Hall–Kier alpha value is -1.28. The Labute approximate surface area is 214 Å². The van der Waals surface area contributed by atoms with Crippen LogP contribution in [0.2, 0.25) is 0 Å². The molecule has 2 N–H and O–H groups in total. The summed E-state index contributed by atoms with van der Waals surface area (Å²) in [5.41, 5.74) is 0.0361. The molecule has 0 aromatic rings. The van der Waals surface area contributed by atoms with Crippen molar-refractivity contribution in [1.29, 1.82) is 0 Å². The summed E-state index contributed by atoms with van der Waals surface area (Å²) >= 11 is 0. The zero-order chi connectivity index (χ0) is 25.8. The van der Waals surface area contributed by atoms with Crippen molar-refractivity contribution in [2.24, 2.45) is 40.4 Å². The van der Waals surface area contributed by atoms with E-state index in [4.69, 9.17) is 14.2 Å². The lowest BCUT2D eigenvalue weighted by molar-refractivity contribution is -0.311. The van der Waals surface area contributed by atoms with E-state index in [1.807, 2.05) is 0 Å². The Morgan fingerprint density at radius 1 is 1.06 bits per heavy atom. The molecule has 0 bridgehead atoms. The van der Waals surface area contributed by atoms with Gasteiger partial charge >= 0.3 is 5.97 Å². The SMILES string of the molecule is C=C[C@H]1CC[C@H]2[C@@H]3CC[C@H]4C[C@@H](O[C@@H]5O[C@@H](C)[C@@H](O)[C@@H](O)[C@@H]5OC(C)=O)CC[C@]4(C=O)[C@H]3CC[C@]12C. The lowest BCUT2D eigenvalue weighted by Gasteiger charge is -2.60. The van der Waals surface area contributed by atoms with Gasteiger partial charge < -0.3 is 29.2 Å². The molecule has 4 saturated carbocycles. The van der Waals surface area contributed by atoms with Crippen LogP contribution in [0.3, 0.4) is 0 Å². The van der Waals surface area contributed by atoms with E-state index in [9.17, 15) is 19.8 Å². The van der Waals surface area contributed by atoms with Gasteiger partial charge in [0, 0.05) is 12.3 Å². The number of allylic oxidation sites excluding steroid dienone is 1. The maximum atomic E-state index is 12.9. The minimum Gasteiger partial charge on any atom is -0.454 e. The predicted molar refractivity (Wildman–Crippen MR) is 133 cm³/mol. The van der Waals surface area contributed by atoms with Crippen molar-refractivity contribution in [3.8, 4) is 0 Å². The van der Waals surface area contributed by atoms with Crippen LogP contribution >= 0.6 is 0 Å². The van der Waals surface area contributed by atoms with Crippen molar-refractivity contribution < 1.29 is 34.0 Å². The molecule has 0 aromatic carbocycles. The molecule has 1 saturated heterocycles. The van der Waals surface area contributed by atoms with Crippen LogP contribution in [0.5, 0.6) is 0 Å². The molecule has 5 fully saturated rings. The highest BCUT2D eigenvalue weighted by atomic mass is 16.7. The van der Waals surface area contributed by atoms with E-state index in [0.29, 0.717) is 29.1 Å². The molecule has 1 heterocycles. The average Bonchev–Trinajstić information content (AvgIpc) is 3.21. The highest BCUT2D eigenvalue weighted by molar-refractivity contribution is 5.66. The van der Waals surface area contributed by atoms with Crippen molar-refractivity contribution in [3.05, 3.63) is 12.7 Å². The van der Waals surface area contributed by atoms with Crippen molar-refractivity contribution >= 4 is 12.3 Å². The first-order valence-electron chi connectivity index (χ1n) is 14.1. The molecule has 0 spiro atoms. The molecule has 4 aliphatic carbocycles. The van der Waals surface area contributed by atoms with Gasteiger partial charge in [-0.3, -0.25) is 4.79 Å². The number of aliphatic hydroxyl groups is 2. The lowest BCUT2D eigenvalue weighted by atomic mass is 9.44. The maximum Gasteiger partial charge on any atom is 0.303 e. The molecule has 1 aliphatic heterocycles. The molecule has 7 heteroatoms. The Balaban J connectivity index is 1.30. The first kappa shape index (κ1) is 26.3. The normalized spacial score (nSPS) is 52.4. The zero-order valence-electron chi connectivity index (χ0n) is 22.0. The van der Waals surface area contributed by atoms with E-state index < -0.39 is 36.7 Å². The average molecular weight is 505 g/mol. The number of hydrogen-bond acceptors (Lipinski definition) is 7. The van der Waals surface area contributed by atoms with E-state index in [2.05, 4.69) is 19.6 Å². The highest BCUT2D eigenvalue weighted by Gasteiger charge is 2.61. The Kier molecular flexibility index (Phi) is 7.16.